The first-order valence-electron chi connectivity index (χ1n) is 6.57. The lowest BCUT2D eigenvalue weighted by molar-refractivity contribution is -0.118. The van der Waals surface area contributed by atoms with Crippen molar-refractivity contribution < 1.29 is 4.79 Å². The summed E-state index contributed by atoms with van der Waals surface area (Å²) in [4.78, 5) is 18.1. The zero-order valence-electron chi connectivity index (χ0n) is 11.8. The van der Waals surface area contributed by atoms with Crippen LogP contribution in [0.25, 0.3) is 0 Å². The van der Waals surface area contributed by atoms with Crippen molar-refractivity contribution in [3.8, 4) is 0 Å². The molecule has 0 fully saturated rings. The summed E-state index contributed by atoms with van der Waals surface area (Å²) in [6.45, 7) is 10.6. The zero-order valence-corrected chi connectivity index (χ0v) is 11.8. The number of carbonyl (C=O) groups is 1. The molecule has 2 rings (SSSR count). The summed E-state index contributed by atoms with van der Waals surface area (Å²) in [5.74, 6) is 0.234. The lowest BCUT2D eigenvalue weighted by atomic mass is 9.90. The van der Waals surface area contributed by atoms with E-state index in [4.69, 9.17) is 4.98 Å². The molecular weight excluding hydrogens is 224 g/mol. The minimum Gasteiger partial charge on any atom is -0.299 e. The van der Waals surface area contributed by atoms with Crippen LogP contribution in [-0.4, -0.2) is 28.8 Å². The number of ketones is 1. The van der Waals surface area contributed by atoms with E-state index >= 15 is 0 Å². The maximum atomic E-state index is 11.2. The summed E-state index contributed by atoms with van der Waals surface area (Å²) < 4.78 is 0. The lowest BCUT2D eigenvalue weighted by Gasteiger charge is -2.28. The number of hydrogen-bond acceptors (Lipinski definition) is 3. The largest absolute Gasteiger partial charge is 0.299 e. The quantitative estimate of drug-likeness (QED) is 0.803. The number of Topliss-reactive ketones (excluding diaryl/α,β-unsaturated/α-hetero) is 1. The standard InChI is InChI=1S/C15H22N2O/c1-11(18)9-17-8-7-13-12(10-17)5-6-14(16-13)15(2,3)4/h5-6H,7-10H2,1-4H3. The van der Waals surface area contributed by atoms with Gasteiger partial charge in [0.1, 0.15) is 5.78 Å². The van der Waals surface area contributed by atoms with E-state index in [1.807, 2.05) is 0 Å². The van der Waals surface area contributed by atoms with Crippen LogP contribution in [0.2, 0.25) is 0 Å². The Kier molecular flexibility index (Phi) is 3.53. The van der Waals surface area contributed by atoms with Crippen molar-refractivity contribution in [3.63, 3.8) is 0 Å². The van der Waals surface area contributed by atoms with E-state index in [1.54, 1.807) is 6.92 Å². The Hall–Kier alpha value is -1.22. The van der Waals surface area contributed by atoms with Crippen LogP contribution in [0.4, 0.5) is 0 Å². The van der Waals surface area contributed by atoms with Crippen LogP contribution in [0.15, 0.2) is 12.1 Å². The molecule has 1 aromatic rings. The smallest absolute Gasteiger partial charge is 0.143 e. The first-order valence-corrected chi connectivity index (χ1v) is 6.57. The first-order chi connectivity index (χ1) is 8.36. The Morgan fingerprint density at radius 1 is 1.39 bits per heavy atom. The van der Waals surface area contributed by atoms with E-state index in [9.17, 15) is 4.79 Å². The second kappa shape index (κ2) is 4.81. The van der Waals surface area contributed by atoms with E-state index in [1.165, 1.54) is 11.3 Å². The summed E-state index contributed by atoms with van der Waals surface area (Å²) in [5, 5.41) is 0. The van der Waals surface area contributed by atoms with Crippen LogP contribution in [0, 0.1) is 0 Å². The van der Waals surface area contributed by atoms with E-state index in [2.05, 4.69) is 37.8 Å². The molecule has 0 bridgehead atoms. The highest BCUT2D eigenvalue weighted by atomic mass is 16.1. The summed E-state index contributed by atoms with van der Waals surface area (Å²) in [6.07, 6.45) is 0.951. The fourth-order valence-electron chi connectivity index (χ4n) is 2.34. The monoisotopic (exact) mass is 246 g/mol. The van der Waals surface area contributed by atoms with Crippen molar-refractivity contribution >= 4 is 5.78 Å². The molecule has 0 saturated carbocycles. The minimum atomic E-state index is 0.103. The van der Waals surface area contributed by atoms with Crippen molar-refractivity contribution in [3.05, 3.63) is 29.1 Å². The summed E-state index contributed by atoms with van der Waals surface area (Å²) >= 11 is 0. The number of aromatic nitrogens is 1. The van der Waals surface area contributed by atoms with E-state index in [0.717, 1.165) is 25.2 Å². The SMILES string of the molecule is CC(=O)CN1CCc2nc(C(C)(C)C)ccc2C1. The highest BCUT2D eigenvalue weighted by molar-refractivity contribution is 5.77. The fraction of sp³-hybridized carbons (Fsp3) is 0.600. The van der Waals surface area contributed by atoms with Gasteiger partial charge in [-0.15, -0.1) is 0 Å². The number of nitrogens with zero attached hydrogens (tertiary/aromatic N) is 2. The van der Waals surface area contributed by atoms with Crippen molar-refractivity contribution in [2.75, 3.05) is 13.1 Å². The third kappa shape index (κ3) is 2.96. The highest BCUT2D eigenvalue weighted by Crippen LogP contribution is 2.24. The fourth-order valence-corrected chi connectivity index (χ4v) is 2.34. The van der Waals surface area contributed by atoms with Crippen LogP contribution in [-0.2, 0) is 23.2 Å². The van der Waals surface area contributed by atoms with Crippen LogP contribution in [0.1, 0.15) is 44.6 Å². The van der Waals surface area contributed by atoms with Crippen LogP contribution < -0.4 is 0 Å². The average molecular weight is 246 g/mol. The molecule has 98 valence electrons. The summed E-state index contributed by atoms with van der Waals surface area (Å²) in [6, 6.07) is 4.30. The zero-order chi connectivity index (χ0) is 13.3. The number of fused-ring (bicyclic) bond motifs is 1. The molecule has 1 aromatic heterocycles. The highest BCUT2D eigenvalue weighted by Gasteiger charge is 2.21. The second-order valence-electron chi connectivity index (χ2n) is 6.21. The molecule has 1 aliphatic rings. The van der Waals surface area contributed by atoms with Gasteiger partial charge in [-0.05, 0) is 18.6 Å². The molecule has 0 aromatic carbocycles. The minimum absolute atomic E-state index is 0.103. The number of carbonyl (C=O) groups excluding carboxylic acids is 1. The van der Waals surface area contributed by atoms with Gasteiger partial charge >= 0.3 is 0 Å². The van der Waals surface area contributed by atoms with Gasteiger partial charge in [0.25, 0.3) is 0 Å². The molecular formula is C15H22N2O. The van der Waals surface area contributed by atoms with E-state index < -0.39 is 0 Å². The Bertz CT molecular complexity index is 460. The van der Waals surface area contributed by atoms with Crippen LogP contribution in [0.5, 0.6) is 0 Å². The molecule has 3 heteroatoms. The van der Waals surface area contributed by atoms with Crippen molar-refractivity contribution in [2.45, 2.75) is 46.1 Å². The molecule has 0 atom stereocenters. The first kappa shape index (κ1) is 13.2. The molecule has 0 radical (unpaired) electrons. The van der Waals surface area contributed by atoms with Gasteiger partial charge in [-0.3, -0.25) is 14.7 Å². The molecule has 2 heterocycles. The van der Waals surface area contributed by atoms with Gasteiger partial charge in [0.05, 0.1) is 6.54 Å². The van der Waals surface area contributed by atoms with Gasteiger partial charge < -0.3 is 0 Å². The molecule has 18 heavy (non-hydrogen) atoms. The Balaban J connectivity index is 2.18. The predicted molar refractivity (Wildman–Crippen MR) is 72.6 cm³/mol. The van der Waals surface area contributed by atoms with Gasteiger partial charge in [0.2, 0.25) is 0 Å². The van der Waals surface area contributed by atoms with Crippen molar-refractivity contribution in [2.24, 2.45) is 0 Å². The molecule has 0 spiro atoms. The maximum Gasteiger partial charge on any atom is 0.143 e. The molecule has 1 aliphatic heterocycles. The second-order valence-corrected chi connectivity index (χ2v) is 6.21. The average Bonchev–Trinajstić information content (AvgIpc) is 2.26. The predicted octanol–water partition coefficient (Wildman–Crippen LogP) is 2.33. The topological polar surface area (TPSA) is 33.2 Å². The van der Waals surface area contributed by atoms with Gasteiger partial charge in [-0.2, -0.15) is 0 Å². The van der Waals surface area contributed by atoms with Crippen LogP contribution >= 0.6 is 0 Å². The van der Waals surface area contributed by atoms with Crippen molar-refractivity contribution in [1.29, 1.82) is 0 Å². The third-order valence-electron chi connectivity index (χ3n) is 3.34. The van der Waals surface area contributed by atoms with Gasteiger partial charge in [-0.25, -0.2) is 0 Å². The van der Waals surface area contributed by atoms with Gasteiger partial charge in [0, 0.05) is 36.3 Å². The van der Waals surface area contributed by atoms with Gasteiger partial charge in [0.15, 0.2) is 0 Å². The number of pyridine rings is 1. The third-order valence-corrected chi connectivity index (χ3v) is 3.34. The number of rotatable bonds is 2. The maximum absolute atomic E-state index is 11.2. The lowest BCUT2D eigenvalue weighted by Crippen LogP contribution is -2.35. The Morgan fingerprint density at radius 2 is 2.11 bits per heavy atom. The molecule has 3 nitrogen and oxygen atoms in total. The normalized spacial score (nSPS) is 16.4. The number of hydrogen-bond donors (Lipinski definition) is 0. The Labute approximate surface area is 109 Å². The molecule has 0 amide bonds. The molecule has 0 N–H and O–H groups in total. The summed E-state index contributed by atoms with van der Waals surface area (Å²) in [7, 11) is 0. The van der Waals surface area contributed by atoms with Crippen LogP contribution in [0.3, 0.4) is 0 Å². The van der Waals surface area contributed by atoms with Gasteiger partial charge in [-0.1, -0.05) is 26.8 Å². The molecule has 0 saturated heterocycles. The molecule has 0 unspecified atom stereocenters. The van der Waals surface area contributed by atoms with E-state index in [-0.39, 0.29) is 11.2 Å². The Morgan fingerprint density at radius 3 is 2.72 bits per heavy atom. The molecule has 0 aliphatic carbocycles. The van der Waals surface area contributed by atoms with E-state index in [0.29, 0.717) is 6.54 Å². The summed E-state index contributed by atoms with van der Waals surface area (Å²) in [5.41, 5.74) is 3.74. The van der Waals surface area contributed by atoms with Crippen molar-refractivity contribution in [1.82, 2.24) is 9.88 Å².